The first-order chi connectivity index (χ1) is 5.00. The Balaban J connectivity index is 0. The third-order valence-electron chi connectivity index (χ3n) is 0.355. The summed E-state index contributed by atoms with van der Waals surface area (Å²) in [6, 6.07) is 0. The van der Waals surface area contributed by atoms with Crippen LogP contribution in [0.2, 0.25) is 0 Å². The molecule has 0 aromatic carbocycles. The molecule has 0 radical (unpaired) electrons. The standard InChI is InChI=1S/C4H6O3.CH3NO2/c1-4(6)7-3-2-5;2-1(3)4/h2H,3H2,1H3;2H2,(H,3,4). The smallest absolute Gasteiger partial charge is 0.402 e. The van der Waals surface area contributed by atoms with E-state index in [1.807, 2.05) is 0 Å². The second kappa shape index (κ2) is 8.41. The van der Waals surface area contributed by atoms with Gasteiger partial charge < -0.3 is 15.6 Å². The highest BCUT2D eigenvalue weighted by Gasteiger charge is 1.85. The van der Waals surface area contributed by atoms with Crippen molar-refractivity contribution in [3.8, 4) is 0 Å². The Labute approximate surface area is 62.9 Å². The van der Waals surface area contributed by atoms with Gasteiger partial charge in [0.2, 0.25) is 0 Å². The molecule has 0 aliphatic rings. The summed E-state index contributed by atoms with van der Waals surface area (Å²) in [7, 11) is 0. The minimum absolute atomic E-state index is 0.130. The topological polar surface area (TPSA) is 107 Å². The normalized spacial score (nSPS) is 7.00. The van der Waals surface area contributed by atoms with Crippen molar-refractivity contribution >= 4 is 18.3 Å². The van der Waals surface area contributed by atoms with Crippen molar-refractivity contribution in [2.24, 2.45) is 5.73 Å². The van der Waals surface area contributed by atoms with Gasteiger partial charge in [-0.2, -0.15) is 0 Å². The average molecular weight is 163 g/mol. The number of primary amides is 1. The number of hydrogen-bond donors (Lipinski definition) is 2. The van der Waals surface area contributed by atoms with Crippen molar-refractivity contribution in [1.29, 1.82) is 0 Å². The van der Waals surface area contributed by atoms with Gasteiger partial charge in [-0.25, -0.2) is 4.79 Å². The molecule has 0 saturated heterocycles. The van der Waals surface area contributed by atoms with Gasteiger partial charge in [-0.05, 0) is 0 Å². The fourth-order valence-corrected chi connectivity index (χ4v) is 0.151. The Bertz CT molecular complexity index is 140. The molecule has 6 nitrogen and oxygen atoms in total. The van der Waals surface area contributed by atoms with Gasteiger partial charge in [0.25, 0.3) is 0 Å². The minimum atomic E-state index is -1.33. The molecule has 0 unspecified atom stereocenters. The van der Waals surface area contributed by atoms with Crippen molar-refractivity contribution in [2.75, 3.05) is 6.61 Å². The molecule has 0 heterocycles. The molecule has 0 aromatic heterocycles. The third kappa shape index (κ3) is 59.5. The van der Waals surface area contributed by atoms with Gasteiger partial charge in [0.05, 0.1) is 0 Å². The molecule has 0 aromatic rings. The average Bonchev–Trinajstić information content (AvgIpc) is 1.82. The molecule has 0 atom stereocenters. The lowest BCUT2D eigenvalue weighted by atomic mass is 10.8. The maximum Gasteiger partial charge on any atom is 0.402 e. The largest absolute Gasteiger partial charge is 0.465 e. The SMILES string of the molecule is CC(=O)OCC=O.NC(=O)O. The van der Waals surface area contributed by atoms with Crippen LogP contribution in [0.1, 0.15) is 6.92 Å². The number of rotatable bonds is 2. The molecule has 64 valence electrons. The summed E-state index contributed by atoms with van der Waals surface area (Å²) in [5.41, 5.74) is 4.03. The van der Waals surface area contributed by atoms with Crippen LogP contribution in [0.4, 0.5) is 4.79 Å². The Kier molecular flexibility index (Phi) is 9.27. The number of carbonyl (C=O) groups is 3. The molecule has 0 saturated carbocycles. The summed E-state index contributed by atoms with van der Waals surface area (Å²) >= 11 is 0. The van der Waals surface area contributed by atoms with Crippen LogP contribution in [0.5, 0.6) is 0 Å². The molecule has 0 rings (SSSR count). The van der Waals surface area contributed by atoms with E-state index in [2.05, 4.69) is 10.5 Å². The second-order valence-corrected chi connectivity index (χ2v) is 1.31. The van der Waals surface area contributed by atoms with Crippen LogP contribution in [-0.4, -0.2) is 30.1 Å². The molecule has 0 fully saturated rings. The number of hydrogen-bond acceptors (Lipinski definition) is 4. The third-order valence-corrected chi connectivity index (χ3v) is 0.355. The van der Waals surface area contributed by atoms with Gasteiger partial charge in [-0.3, -0.25) is 9.59 Å². The van der Waals surface area contributed by atoms with Crippen LogP contribution < -0.4 is 5.73 Å². The van der Waals surface area contributed by atoms with Crippen LogP contribution in [0.3, 0.4) is 0 Å². The van der Waals surface area contributed by atoms with Crippen LogP contribution in [0, 0.1) is 0 Å². The number of esters is 1. The molecular formula is C5H9NO5. The van der Waals surface area contributed by atoms with Gasteiger partial charge in [-0.1, -0.05) is 0 Å². The molecule has 1 amide bonds. The summed E-state index contributed by atoms with van der Waals surface area (Å²) < 4.78 is 4.18. The Morgan fingerprint density at radius 1 is 1.64 bits per heavy atom. The van der Waals surface area contributed by atoms with Crippen LogP contribution in [-0.2, 0) is 14.3 Å². The maximum atomic E-state index is 9.82. The Morgan fingerprint density at radius 3 is 2.09 bits per heavy atom. The summed E-state index contributed by atoms with van der Waals surface area (Å²) in [5.74, 6) is -0.424. The van der Waals surface area contributed by atoms with Gasteiger partial charge in [0.15, 0.2) is 6.29 Å². The van der Waals surface area contributed by atoms with Crippen molar-refractivity contribution in [2.45, 2.75) is 6.92 Å². The summed E-state index contributed by atoms with van der Waals surface area (Å²) in [6.07, 6.45) is -0.804. The highest BCUT2D eigenvalue weighted by Crippen LogP contribution is 1.68. The highest BCUT2D eigenvalue weighted by molar-refractivity contribution is 5.68. The Morgan fingerprint density at radius 2 is 2.00 bits per heavy atom. The highest BCUT2D eigenvalue weighted by atomic mass is 16.5. The summed E-state index contributed by atoms with van der Waals surface area (Å²) in [5, 5.41) is 7.19. The van der Waals surface area contributed by atoms with Crippen molar-refractivity contribution in [1.82, 2.24) is 0 Å². The number of carbonyl (C=O) groups excluding carboxylic acids is 2. The molecule has 6 heteroatoms. The van der Waals surface area contributed by atoms with Crippen LogP contribution in [0.25, 0.3) is 0 Å². The van der Waals surface area contributed by atoms with Gasteiger partial charge in [0.1, 0.15) is 6.61 Å². The lowest BCUT2D eigenvalue weighted by Crippen LogP contribution is -2.03. The van der Waals surface area contributed by atoms with E-state index in [0.717, 1.165) is 0 Å². The predicted molar refractivity (Wildman–Crippen MR) is 34.9 cm³/mol. The van der Waals surface area contributed by atoms with E-state index in [9.17, 15) is 9.59 Å². The zero-order chi connectivity index (χ0) is 9.28. The van der Waals surface area contributed by atoms with E-state index in [1.165, 1.54) is 6.92 Å². The van der Waals surface area contributed by atoms with Crippen LogP contribution in [0.15, 0.2) is 0 Å². The molecule has 11 heavy (non-hydrogen) atoms. The Hall–Kier alpha value is -1.59. The predicted octanol–water partition coefficient (Wildman–Crippen LogP) is -0.629. The number of aldehydes is 1. The maximum absolute atomic E-state index is 9.82. The number of ether oxygens (including phenoxy) is 1. The quantitative estimate of drug-likeness (QED) is 0.416. The minimum Gasteiger partial charge on any atom is -0.465 e. The molecule has 0 spiro atoms. The van der Waals surface area contributed by atoms with Gasteiger partial charge in [-0.15, -0.1) is 0 Å². The van der Waals surface area contributed by atoms with Crippen LogP contribution >= 0.6 is 0 Å². The molecule has 3 N–H and O–H groups in total. The van der Waals surface area contributed by atoms with Gasteiger partial charge in [0, 0.05) is 6.92 Å². The lowest BCUT2D eigenvalue weighted by molar-refractivity contribution is -0.143. The zero-order valence-electron chi connectivity index (χ0n) is 5.94. The monoisotopic (exact) mass is 163 g/mol. The lowest BCUT2D eigenvalue weighted by Gasteiger charge is -1.88. The fraction of sp³-hybridized carbons (Fsp3) is 0.400. The van der Waals surface area contributed by atoms with E-state index in [4.69, 9.17) is 9.90 Å². The molecule has 0 bridgehead atoms. The number of carboxylic acid groups (broad SMARTS) is 1. The molecule has 0 aliphatic carbocycles. The zero-order valence-corrected chi connectivity index (χ0v) is 5.94. The van der Waals surface area contributed by atoms with E-state index >= 15 is 0 Å². The first-order valence-electron chi connectivity index (χ1n) is 2.56. The summed E-state index contributed by atoms with van der Waals surface area (Å²) in [6.45, 7) is 1.12. The second-order valence-electron chi connectivity index (χ2n) is 1.31. The summed E-state index contributed by atoms with van der Waals surface area (Å²) in [4.78, 5) is 28.0. The molecular weight excluding hydrogens is 154 g/mol. The van der Waals surface area contributed by atoms with E-state index < -0.39 is 12.1 Å². The number of nitrogens with two attached hydrogens (primary N) is 1. The van der Waals surface area contributed by atoms with E-state index in [-0.39, 0.29) is 6.61 Å². The van der Waals surface area contributed by atoms with E-state index in [1.54, 1.807) is 0 Å². The van der Waals surface area contributed by atoms with Crippen molar-refractivity contribution in [3.05, 3.63) is 0 Å². The van der Waals surface area contributed by atoms with Crippen molar-refractivity contribution < 1.29 is 24.2 Å². The first-order valence-corrected chi connectivity index (χ1v) is 2.56. The van der Waals surface area contributed by atoms with Crippen molar-refractivity contribution in [3.63, 3.8) is 0 Å². The molecule has 0 aliphatic heterocycles. The first kappa shape index (κ1) is 12.1. The number of amides is 1. The fourth-order valence-electron chi connectivity index (χ4n) is 0.151. The van der Waals surface area contributed by atoms with E-state index in [0.29, 0.717) is 6.29 Å². The van der Waals surface area contributed by atoms with Gasteiger partial charge >= 0.3 is 12.1 Å².